The first-order valence-corrected chi connectivity index (χ1v) is 9.85. The molecule has 1 amide bonds. The van der Waals surface area contributed by atoms with E-state index in [1.807, 2.05) is 24.3 Å². The molecule has 0 atom stereocenters. The molecule has 0 saturated carbocycles. The van der Waals surface area contributed by atoms with E-state index in [0.29, 0.717) is 0 Å². The van der Waals surface area contributed by atoms with Crippen molar-refractivity contribution in [3.8, 4) is 5.69 Å². The largest absolute Gasteiger partial charge is 0.305 e. The van der Waals surface area contributed by atoms with Crippen molar-refractivity contribution >= 4 is 27.5 Å². The average molecular weight is 446 g/mol. The number of hydrogen-bond acceptors (Lipinski definition) is 2. The molecule has 3 aromatic rings. The van der Waals surface area contributed by atoms with Crippen molar-refractivity contribution in [1.82, 2.24) is 9.78 Å². The molecule has 2 aromatic carbocycles. The number of benzene rings is 2. The second-order valence-electron chi connectivity index (χ2n) is 6.81. The Hall–Kier alpha value is -2.54. The third-order valence-electron chi connectivity index (χ3n) is 5.01. The number of carbonyl (C=O) groups is 1. The fraction of sp³-hybridized carbons (Fsp3) is 0.238. The highest BCUT2D eigenvalue weighted by atomic mass is 79.9. The molecule has 0 saturated heterocycles. The van der Waals surface area contributed by atoms with E-state index in [1.54, 1.807) is 4.68 Å². The summed E-state index contributed by atoms with van der Waals surface area (Å²) >= 11 is 3.46. The van der Waals surface area contributed by atoms with Crippen LogP contribution in [0.3, 0.4) is 0 Å². The van der Waals surface area contributed by atoms with E-state index < -0.39 is 17.5 Å². The molecule has 4 nitrogen and oxygen atoms in total. The van der Waals surface area contributed by atoms with Crippen molar-refractivity contribution < 1.29 is 13.6 Å². The first-order valence-electron chi connectivity index (χ1n) is 9.06. The number of halogens is 3. The molecule has 0 fully saturated rings. The van der Waals surface area contributed by atoms with E-state index in [0.717, 1.165) is 64.1 Å². The summed E-state index contributed by atoms with van der Waals surface area (Å²) in [7, 11) is 1.37. The molecule has 0 aliphatic heterocycles. The molecule has 1 heterocycles. The standard InChI is InChI=1S/C21H18BrF2N3O/c1-26(20-16(23)9-5-10-17(20)24)21(28)19-15-8-2-3-11-18(15)27(25-19)14-7-4-6-13(22)12-14/h4-7,9-10,12H,2-3,8,11H2,1H3. The molecule has 28 heavy (non-hydrogen) atoms. The Balaban J connectivity index is 1.81. The van der Waals surface area contributed by atoms with Crippen molar-refractivity contribution in [2.24, 2.45) is 0 Å². The van der Waals surface area contributed by atoms with Crippen LogP contribution in [0.2, 0.25) is 0 Å². The zero-order valence-electron chi connectivity index (χ0n) is 15.3. The number of rotatable bonds is 3. The summed E-state index contributed by atoms with van der Waals surface area (Å²) in [6.07, 6.45) is 3.49. The maximum absolute atomic E-state index is 14.2. The minimum atomic E-state index is -0.781. The molecule has 0 N–H and O–H groups in total. The first kappa shape index (κ1) is 18.8. The summed E-state index contributed by atoms with van der Waals surface area (Å²) in [6.45, 7) is 0. The molecule has 7 heteroatoms. The Kier molecular flexibility index (Phi) is 5.02. The van der Waals surface area contributed by atoms with Crippen LogP contribution in [-0.4, -0.2) is 22.7 Å². The minimum absolute atomic E-state index is 0.250. The Labute approximate surface area is 169 Å². The summed E-state index contributed by atoms with van der Waals surface area (Å²) in [5.74, 6) is -2.08. The summed E-state index contributed by atoms with van der Waals surface area (Å²) < 4.78 is 31.0. The predicted octanol–water partition coefficient (Wildman–Crippen LogP) is 5.07. The third-order valence-corrected chi connectivity index (χ3v) is 5.51. The Morgan fingerprint density at radius 3 is 2.50 bits per heavy atom. The van der Waals surface area contributed by atoms with Gasteiger partial charge in [-0.3, -0.25) is 4.79 Å². The molecule has 144 valence electrons. The second kappa shape index (κ2) is 7.47. The molecule has 0 bridgehead atoms. The van der Waals surface area contributed by atoms with Crippen LogP contribution >= 0.6 is 15.9 Å². The number of aromatic nitrogens is 2. The number of hydrogen-bond donors (Lipinski definition) is 0. The van der Waals surface area contributed by atoms with Crippen LogP contribution in [0.4, 0.5) is 14.5 Å². The predicted molar refractivity (Wildman–Crippen MR) is 107 cm³/mol. The minimum Gasteiger partial charge on any atom is -0.305 e. The van der Waals surface area contributed by atoms with Crippen LogP contribution in [-0.2, 0) is 12.8 Å². The second-order valence-corrected chi connectivity index (χ2v) is 7.72. The van der Waals surface area contributed by atoms with Gasteiger partial charge in [-0.2, -0.15) is 5.10 Å². The maximum atomic E-state index is 14.2. The molecule has 0 unspecified atom stereocenters. The molecule has 1 aliphatic carbocycles. The Morgan fingerprint density at radius 1 is 1.11 bits per heavy atom. The number of amides is 1. The van der Waals surface area contributed by atoms with Crippen LogP contribution < -0.4 is 4.90 Å². The lowest BCUT2D eigenvalue weighted by Crippen LogP contribution is -2.29. The summed E-state index contributed by atoms with van der Waals surface area (Å²) in [5, 5.41) is 4.57. The molecule has 0 radical (unpaired) electrons. The van der Waals surface area contributed by atoms with Gasteiger partial charge in [0.15, 0.2) is 5.69 Å². The van der Waals surface area contributed by atoms with Gasteiger partial charge in [0.2, 0.25) is 0 Å². The van der Waals surface area contributed by atoms with Crippen LogP contribution in [0.1, 0.15) is 34.6 Å². The number of carbonyl (C=O) groups excluding carboxylic acids is 1. The third kappa shape index (κ3) is 3.24. The number of anilines is 1. The molecular weight excluding hydrogens is 428 g/mol. The van der Waals surface area contributed by atoms with Gasteiger partial charge in [0, 0.05) is 22.8 Å². The first-order chi connectivity index (χ1) is 13.5. The van der Waals surface area contributed by atoms with Gasteiger partial charge in [-0.1, -0.05) is 28.1 Å². The topological polar surface area (TPSA) is 38.1 Å². The van der Waals surface area contributed by atoms with Gasteiger partial charge in [-0.15, -0.1) is 0 Å². The smallest absolute Gasteiger partial charge is 0.278 e. The lowest BCUT2D eigenvalue weighted by molar-refractivity contribution is 0.0985. The summed E-state index contributed by atoms with van der Waals surface area (Å²) in [6, 6.07) is 11.2. The van der Waals surface area contributed by atoms with E-state index in [4.69, 9.17) is 0 Å². The van der Waals surface area contributed by atoms with Gasteiger partial charge in [0.05, 0.1) is 5.69 Å². The lowest BCUT2D eigenvalue weighted by atomic mass is 9.95. The van der Waals surface area contributed by atoms with Gasteiger partial charge in [-0.25, -0.2) is 13.5 Å². The van der Waals surface area contributed by atoms with Gasteiger partial charge in [0.1, 0.15) is 17.3 Å². The SMILES string of the molecule is CN(C(=O)c1nn(-c2cccc(Br)c2)c2c1CCCC2)c1c(F)cccc1F. The Bertz CT molecular complexity index is 1040. The van der Waals surface area contributed by atoms with Crippen LogP contribution in [0.25, 0.3) is 5.69 Å². The van der Waals surface area contributed by atoms with Crippen LogP contribution in [0, 0.1) is 11.6 Å². The van der Waals surface area contributed by atoms with E-state index in [-0.39, 0.29) is 11.4 Å². The number of nitrogens with zero attached hydrogens (tertiary/aromatic N) is 3. The summed E-state index contributed by atoms with van der Waals surface area (Å²) in [4.78, 5) is 14.1. The van der Waals surface area contributed by atoms with Crippen molar-refractivity contribution in [3.05, 3.63) is 75.5 Å². The average Bonchev–Trinajstić information content (AvgIpc) is 3.07. The van der Waals surface area contributed by atoms with Crippen LogP contribution in [0.15, 0.2) is 46.9 Å². The maximum Gasteiger partial charge on any atom is 0.278 e. The van der Waals surface area contributed by atoms with Crippen molar-refractivity contribution in [2.45, 2.75) is 25.7 Å². The van der Waals surface area contributed by atoms with Crippen molar-refractivity contribution in [3.63, 3.8) is 0 Å². The zero-order valence-corrected chi connectivity index (χ0v) is 16.8. The molecule has 4 rings (SSSR count). The lowest BCUT2D eigenvalue weighted by Gasteiger charge is -2.19. The molecule has 1 aromatic heterocycles. The van der Waals surface area contributed by atoms with Crippen LogP contribution in [0.5, 0.6) is 0 Å². The number of fused-ring (bicyclic) bond motifs is 1. The van der Waals surface area contributed by atoms with Crippen molar-refractivity contribution in [2.75, 3.05) is 11.9 Å². The van der Waals surface area contributed by atoms with Gasteiger partial charge in [-0.05, 0) is 56.0 Å². The number of para-hydroxylation sites is 1. The molecule has 1 aliphatic rings. The Morgan fingerprint density at radius 2 is 1.79 bits per heavy atom. The zero-order chi connectivity index (χ0) is 19.8. The van der Waals surface area contributed by atoms with E-state index in [2.05, 4.69) is 21.0 Å². The highest BCUT2D eigenvalue weighted by Crippen LogP contribution is 2.30. The van der Waals surface area contributed by atoms with E-state index in [1.165, 1.54) is 13.1 Å². The highest BCUT2D eigenvalue weighted by Gasteiger charge is 2.29. The normalized spacial score (nSPS) is 13.3. The highest BCUT2D eigenvalue weighted by molar-refractivity contribution is 9.10. The fourth-order valence-corrected chi connectivity index (χ4v) is 4.05. The van der Waals surface area contributed by atoms with Gasteiger partial charge < -0.3 is 4.90 Å². The van der Waals surface area contributed by atoms with E-state index in [9.17, 15) is 13.6 Å². The fourth-order valence-electron chi connectivity index (χ4n) is 3.66. The monoisotopic (exact) mass is 445 g/mol. The molecule has 0 spiro atoms. The van der Waals surface area contributed by atoms with Gasteiger partial charge in [0.25, 0.3) is 5.91 Å². The van der Waals surface area contributed by atoms with Gasteiger partial charge >= 0.3 is 0 Å². The summed E-state index contributed by atoms with van der Waals surface area (Å²) in [5.41, 5.74) is 2.56. The quantitative estimate of drug-likeness (QED) is 0.564. The van der Waals surface area contributed by atoms with E-state index >= 15 is 0 Å². The molecular formula is C21H18BrF2N3O. The van der Waals surface area contributed by atoms with Crippen molar-refractivity contribution in [1.29, 1.82) is 0 Å².